The minimum Gasteiger partial charge on any atom is -0.493 e. The van der Waals surface area contributed by atoms with Crippen LogP contribution in [0.3, 0.4) is 0 Å². The second-order valence-corrected chi connectivity index (χ2v) is 10.4. The number of hydrogen-bond donors (Lipinski definition) is 0. The van der Waals surface area contributed by atoms with Crippen molar-refractivity contribution in [3.05, 3.63) is 107 Å². The highest BCUT2D eigenvalue weighted by atomic mass is 16.7. The Morgan fingerprint density at radius 1 is 0.769 bits per heavy atom. The Labute approximate surface area is 231 Å². The van der Waals surface area contributed by atoms with E-state index in [1.807, 2.05) is 54.6 Å². The molecule has 39 heavy (non-hydrogen) atoms. The molecular formula is C33H38O6. The van der Waals surface area contributed by atoms with Crippen LogP contribution in [0.5, 0.6) is 11.5 Å². The van der Waals surface area contributed by atoms with Gasteiger partial charge in [0.25, 0.3) is 0 Å². The monoisotopic (exact) mass is 530 g/mol. The Kier molecular flexibility index (Phi) is 8.99. The van der Waals surface area contributed by atoms with E-state index < -0.39 is 0 Å². The first kappa shape index (κ1) is 27.4. The van der Waals surface area contributed by atoms with E-state index in [2.05, 4.69) is 31.2 Å². The zero-order valence-electron chi connectivity index (χ0n) is 23.1. The molecule has 0 bridgehead atoms. The third kappa shape index (κ3) is 6.36. The Morgan fingerprint density at radius 3 is 2.21 bits per heavy atom. The van der Waals surface area contributed by atoms with Crippen LogP contribution in [0.25, 0.3) is 0 Å². The van der Waals surface area contributed by atoms with E-state index in [1.54, 1.807) is 14.2 Å². The number of benzene rings is 3. The fourth-order valence-corrected chi connectivity index (χ4v) is 5.53. The highest BCUT2D eigenvalue weighted by molar-refractivity contribution is 5.42. The van der Waals surface area contributed by atoms with Crippen LogP contribution in [0.15, 0.2) is 90.0 Å². The molecule has 3 aromatic rings. The molecule has 0 saturated carbocycles. The van der Waals surface area contributed by atoms with E-state index in [1.165, 1.54) is 11.1 Å². The van der Waals surface area contributed by atoms with Crippen LogP contribution in [0.2, 0.25) is 0 Å². The van der Waals surface area contributed by atoms with Gasteiger partial charge in [-0.3, -0.25) is 0 Å². The molecule has 6 heteroatoms. The number of rotatable bonds is 11. The molecule has 0 unspecified atom stereocenters. The van der Waals surface area contributed by atoms with Crippen molar-refractivity contribution in [1.82, 2.24) is 0 Å². The lowest BCUT2D eigenvalue weighted by molar-refractivity contribution is -0.264. The molecule has 206 valence electrons. The summed E-state index contributed by atoms with van der Waals surface area (Å²) in [6.45, 7) is 4.89. The van der Waals surface area contributed by atoms with Crippen molar-refractivity contribution in [2.75, 3.05) is 34.0 Å². The first-order valence-electron chi connectivity index (χ1n) is 13.5. The summed E-state index contributed by atoms with van der Waals surface area (Å²) in [5.41, 5.74) is 5.45. The van der Waals surface area contributed by atoms with Crippen molar-refractivity contribution < 1.29 is 28.4 Å². The van der Waals surface area contributed by atoms with Crippen molar-refractivity contribution in [1.29, 1.82) is 0 Å². The van der Waals surface area contributed by atoms with Crippen LogP contribution < -0.4 is 9.47 Å². The number of fused-ring (bicyclic) bond motifs is 1. The lowest BCUT2D eigenvalue weighted by Crippen LogP contribution is -2.49. The van der Waals surface area contributed by atoms with Crippen LogP contribution in [-0.2, 0) is 32.2 Å². The fraction of sp³-hybridized carbons (Fsp3) is 0.394. The highest BCUT2D eigenvalue weighted by Gasteiger charge is 2.47. The van der Waals surface area contributed by atoms with Gasteiger partial charge in [0.2, 0.25) is 0 Å². The van der Waals surface area contributed by atoms with Crippen LogP contribution in [0.1, 0.15) is 42.7 Å². The van der Waals surface area contributed by atoms with Gasteiger partial charge in [0.05, 0.1) is 53.4 Å². The molecular weight excluding hydrogens is 492 g/mol. The number of hydrogen-bond acceptors (Lipinski definition) is 6. The van der Waals surface area contributed by atoms with Crippen molar-refractivity contribution in [2.45, 2.75) is 45.4 Å². The lowest BCUT2D eigenvalue weighted by Gasteiger charge is -2.49. The molecule has 1 aliphatic carbocycles. The average Bonchev–Trinajstić information content (AvgIpc) is 2.98. The van der Waals surface area contributed by atoms with Gasteiger partial charge in [-0.15, -0.1) is 0 Å². The summed E-state index contributed by atoms with van der Waals surface area (Å²) in [6.07, 6.45) is 1.51. The summed E-state index contributed by atoms with van der Waals surface area (Å²) < 4.78 is 36.2. The zero-order valence-corrected chi connectivity index (χ0v) is 23.1. The fourth-order valence-electron chi connectivity index (χ4n) is 5.53. The molecule has 3 aromatic carbocycles. The van der Waals surface area contributed by atoms with Gasteiger partial charge < -0.3 is 28.4 Å². The van der Waals surface area contributed by atoms with Gasteiger partial charge in [-0.2, -0.15) is 0 Å². The average molecular weight is 531 g/mol. The van der Waals surface area contributed by atoms with Crippen molar-refractivity contribution in [3.63, 3.8) is 0 Å². The zero-order chi connectivity index (χ0) is 27.1. The first-order chi connectivity index (χ1) is 19.1. The minimum atomic E-state index is -0.349. The van der Waals surface area contributed by atoms with Crippen molar-refractivity contribution in [2.24, 2.45) is 5.41 Å². The van der Waals surface area contributed by atoms with Gasteiger partial charge in [0, 0.05) is 11.0 Å². The van der Waals surface area contributed by atoms with Gasteiger partial charge >= 0.3 is 0 Å². The molecule has 1 saturated heterocycles. The van der Waals surface area contributed by atoms with Gasteiger partial charge in [-0.1, -0.05) is 73.7 Å². The third-order valence-corrected chi connectivity index (χ3v) is 7.78. The van der Waals surface area contributed by atoms with Gasteiger partial charge in [-0.05, 0) is 47.2 Å². The molecule has 0 spiro atoms. The predicted octanol–water partition coefficient (Wildman–Crippen LogP) is 6.65. The summed E-state index contributed by atoms with van der Waals surface area (Å²) >= 11 is 0. The van der Waals surface area contributed by atoms with E-state index in [9.17, 15) is 0 Å². The standard InChI is InChI=1S/C33H38O6/c1-33-23-38-32(26-12-8-5-9-13-26)39-31(33)17-15-27(28(33)22-37-19-24-10-6-4-7-11-24)21-36-20-25-14-16-29(34-2)30(18-25)35-3/h4-14,16,18,31-32H,15,17,19-23H2,1-3H3/t31-,32+,33-/m0/s1. The maximum atomic E-state index is 6.57. The second kappa shape index (κ2) is 12.8. The SMILES string of the molecule is COc1ccc(COCC2=C(COCc3ccccc3)[C@]3(C)CO[C@@H](c4ccccc4)O[C@H]3CC2)cc1OC. The molecule has 0 radical (unpaired) electrons. The van der Waals surface area contributed by atoms with Crippen LogP contribution in [0.4, 0.5) is 0 Å². The van der Waals surface area contributed by atoms with E-state index in [4.69, 9.17) is 28.4 Å². The van der Waals surface area contributed by atoms with E-state index in [0.717, 1.165) is 29.5 Å². The van der Waals surface area contributed by atoms with E-state index in [-0.39, 0.29) is 17.8 Å². The largest absolute Gasteiger partial charge is 0.493 e. The van der Waals surface area contributed by atoms with Crippen molar-refractivity contribution in [3.8, 4) is 11.5 Å². The second-order valence-electron chi connectivity index (χ2n) is 10.4. The normalized spacial score (nSPS) is 22.8. The molecule has 0 amide bonds. The van der Waals surface area contributed by atoms with E-state index >= 15 is 0 Å². The quantitative estimate of drug-likeness (QED) is 0.259. The summed E-state index contributed by atoms with van der Waals surface area (Å²) in [6, 6.07) is 26.3. The van der Waals surface area contributed by atoms with Crippen LogP contribution in [-0.4, -0.2) is 40.1 Å². The van der Waals surface area contributed by atoms with Crippen molar-refractivity contribution >= 4 is 0 Å². The minimum absolute atomic E-state index is 0.0429. The molecule has 0 N–H and O–H groups in total. The summed E-state index contributed by atoms with van der Waals surface area (Å²) in [5, 5.41) is 0. The highest BCUT2D eigenvalue weighted by Crippen LogP contribution is 2.48. The van der Waals surface area contributed by atoms with E-state index in [0.29, 0.717) is 44.5 Å². The van der Waals surface area contributed by atoms with Gasteiger partial charge in [0.1, 0.15) is 0 Å². The Balaban J connectivity index is 1.31. The molecule has 1 fully saturated rings. The summed E-state index contributed by atoms with van der Waals surface area (Å²) in [7, 11) is 3.28. The Bertz CT molecular complexity index is 1240. The molecule has 1 aliphatic heterocycles. The van der Waals surface area contributed by atoms with Crippen LogP contribution >= 0.6 is 0 Å². The molecule has 0 aromatic heterocycles. The summed E-state index contributed by atoms with van der Waals surface area (Å²) in [5.74, 6) is 1.41. The molecule has 5 rings (SSSR count). The molecule has 1 heterocycles. The van der Waals surface area contributed by atoms with Gasteiger partial charge in [0.15, 0.2) is 17.8 Å². The Morgan fingerprint density at radius 2 is 1.46 bits per heavy atom. The smallest absolute Gasteiger partial charge is 0.184 e. The third-order valence-electron chi connectivity index (χ3n) is 7.78. The summed E-state index contributed by atoms with van der Waals surface area (Å²) in [4.78, 5) is 0. The molecule has 2 aliphatic rings. The maximum Gasteiger partial charge on any atom is 0.184 e. The number of ether oxygens (including phenoxy) is 6. The molecule has 6 nitrogen and oxygen atoms in total. The Hall–Kier alpha value is -3.16. The molecule has 3 atom stereocenters. The maximum absolute atomic E-state index is 6.57. The van der Waals surface area contributed by atoms with Gasteiger partial charge in [-0.25, -0.2) is 0 Å². The number of methoxy groups -OCH3 is 2. The topological polar surface area (TPSA) is 55.4 Å². The predicted molar refractivity (Wildman–Crippen MR) is 150 cm³/mol. The first-order valence-corrected chi connectivity index (χ1v) is 13.5. The van der Waals surface area contributed by atoms with Crippen LogP contribution in [0, 0.1) is 5.41 Å². The lowest BCUT2D eigenvalue weighted by atomic mass is 9.69.